The first-order chi connectivity index (χ1) is 12.9. The summed E-state index contributed by atoms with van der Waals surface area (Å²) in [5.41, 5.74) is 2.47. The Hall–Kier alpha value is -1.74. The van der Waals surface area contributed by atoms with Gasteiger partial charge >= 0.3 is 0 Å². The van der Waals surface area contributed by atoms with Crippen molar-refractivity contribution in [2.75, 3.05) is 12.8 Å². The Morgan fingerprint density at radius 1 is 1.30 bits per heavy atom. The molecule has 0 unspecified atom stereocenters. The van der Waals surface area contributed by atoms with E-state index in [1.807, 2.05) is 18.5 Å². The van der Waals surface area contributed by atoms with Gasteiger partial charge in [0.05, 0.1) is 17.6 Å². The first kappa shape index (κ1) is 20.0. The van der Waals surface area contributed by atoms with Crippen LogP contribution in [0.1, 0.15) is 56.1 Å². The van der Waals surface area contributed by atoms with Crippen LogP contribution < -0.4 is 0 Å². The third-order valence-corrected chi connectivity index (χ3v) is 6.99. The molecule has 0 amide bonds. The molecule has 2 aromatic heterocycles. The SMILES string of the molecule is CCCCn1c(CN(C)Cc2nonc2C)cnc1S(=O)(=O)CC1CCC1. The highest BCUT2D eigenvalue weighted by atomic mass is 32.2. The fraction of sp³-hybridized carbons (Fsp3) is 0.722. The molecular formula is C18H29N5O3S. The molecule has 2 aromatic rings. The molecule has 1 aliphatic rings. The third kappa shape index (κ3) is 4.76. The largest absolute Gasteiger partial charge is 0.318 e. The van der Waals surface area contributed by atoms with Crippen molar-refractivity contribution in [3.63, 3.8) is 0 Å². The van der Waals surface area contributed by atoms with Gasteiger partial charge in [0, 0.05) is 19.6 Å². The Labute approximate surface area is 160 Å². The number of hydrogen-bond donors (Lipinski definition) is 0. The average Bonchev–Trinajstić information content (AvgIpc) is 3.16. The zero-order chi connectivity index (χ0) is 19.4. The van der Waals surface area contributed by atoms with Crippen LogP contribution in [0.4, 0.5) is 0 Å². The van der Waals surface area contributed by atoms with E-state index in [-0.39, 0.29) is 10.9 Å². The van der Waals surface area contributed by atoms with E-state index in [1.165, 1.54) is 0 Å². The first-order valence-corrected chi connectivity index (χ1v) is 11.3. The number of unbranched alkanes of at least 4 members (excludes halogenated alkanes) is 1. The minimum atomic E-state index is -3.36. The molecular weight excluding hydrogens is 366 g/mol. The van der Waals surface area contributed by atoms with Gasteiger partial charge in [-0.25, -0.2) is 18.0 Å². The number of sulfone groups is 1. The number of imidazole rings is 1. The molecule has 8 nitrogen and oxygen atoms in total. The maximum absolute atomic E-state index is 12.9. The van der Waals surface area contributed by atoms with Gasteiger partial charge in [0.1, 0.15) is 11.4 Å². The number of rotatable bonds is 10. The Balaban J connectivity index is 1.77. The molecule has 1 saturated carbocycles. The normalized spacial score (nSPS) is 15.4. The lowest BCUT2D eigenvalue weighted by atomic mass is 9.87. The van der Waals surface area contributed by atoms with Crippen LogP contribution in [0.15, 0.2) is 16.0 Å². The summed E-state index contributed by atoms with van der Waals surface area (Å²) < 4.78 is 32.4. The third-order valence-electron chi connectivity index (χ3n) is 5.19. The van der Waals surface area contributed by atoms with Crippen LogP contribution in [0.3, 0.4) is 0 Å². The van der Waals surface area contributed by atoms with Gasteiger partial charge < -0.3 is 4.57 Å². The molecule has 27 heavy (non-hydrogen) atoms. The standard InChI is InChI=1S/C18H29N5O3S/c1-4-5-9-23-16(11-22(3)12-17-14(2)20-26-21-17)10-19-18(23)27(24,25)13-15-7-6-8-15/h10,15H,4-9,11-13H2,1-3H3. The summed E-state index contributed by atoms with van der Waals surface area (Å²) in [5, 5.41) is 7.95. The van der Waals surface area contributed by atoms with Crippen LogP contribution in [0.25, 0.3) is 0 Å². The molecule has 1 aliphatic carbocycles. The van der Waals surface area contributed by atoms with E-state index in [9.17, 15) is 8.42 Å². The van der Waals surface area contributed by atoms with Crippen molar-refractivity contribution in [1.29, 1.82) is 0 Å². The van der Waals surface area contributed by atoms with E-state index in [0.29, 0.717) is 25.6 Å². The highest BCUT2D eigenvalue weighted by molar-refractivity contribution is 7.91. The Kier molecular flexibility index (Phi) is 6.31. The van der Waals surface area contributed by atoms with Crippen LogP contribution in [0.5, 0.6) is 0 Å². The van der Waals surface area contributed by atoms with E-state index in [2.05, 4.69) is 27.1 Å². The summed E-state index contributed by atoms with van der Waals surface area (Å²) in [6.07, 6.45) is 6.78. The number of nitrogens with zero attached hydrogens (tertiary/aromatic N) is 5. The van der Waals surface area contributed by atoms with Gasteiger partial charge in [-0.1, -0.05) is 30.1 Å². The second-order valence-corrected chi connectivity index (χ2v) is 9.51. The lowest BCUT2D eigenvalue weighted by Crippen LogP contribution is -2.25. The molecule has 1 fully saturated rings. The van der Waals surface area contributed by atoms with Gasteiger partial charge in [0.25, 0.3) is 0 Å². The van der Waals surface area contributed by atoms with E-state index < -0.39 is 9.84 Å². The second kappa shape index (κ2) is 8.52. The zero-order valence-electron chi connectivity index (χ0n) is 16.4. The smallest absolute Gasteiger partial charge is 0.227 e. The fourth-order valence-corrected chi connectivity index (χ4v) is 5.21. The van der Waals surface area contributed by atoms with Gasteiger partial charge in [-0.15, -0.1) is 0 Å². The summed E-state index contributed by atoms with van der Waals surface area (Å²) in [5.74, 6) is 0.509. The van der Waals surface area contributed by atoms with Crippen molar-refractivity contribution >= 4 is 9.84 Å². The molecule has 0 saturated heterocycles. The van der Waals surface area contributed by atoms with E-state index >= 15 is 0 Å². The molecule has 0 bridgehead atoms. The molecule has 0 atom stereocenters. The molecule has 0 radical (unpaired) electrons. The van der Waals surface area contributed by atoms with Crippen molar-refractivity contribution in [2.24, 2.45) is 5.92 Å². The number of aromatic nitrogens is 4. The molecule has 0 aromatic carbocycles. The van der Waals surface area contributed by atoms with Crippen LogP contribution in [-0.2, 0) is 29.5 Å². The molecule has 9 heteroatoms. The Bertz CT molecular complexity index is 854. The summed E-state index contributed by atoms with van der Waals surface area (Å²) in [4.78, 5) is 6.39. The van der Waals surface area contributed by atoms with Gasteiger partial charge in [-0.05, 0) is 39.2 Å². The van der Waals surface area contributed by atoms with Crippen molar-refractivity contribution in [1.82, 2.24) is 24.8 Å². The van der Waals surface area contributed by atoms with Gasteiger partial charge in [-0.3, -0.25) is 4.90 Å². The van der Waals surface area contributed by atoms with Crippen molar-refractivity contribution in [3.8, 4) is 0 Å². The molecule has 150 valence electrons. The molecule has 0 N–H and O–H groups in total. The quantitative estimate of drug-likeness (QED) is 0.610. The summed E-state index contributed by atoms with van der Waals surface area (Å²) in [7, 11) is -1.39. The van der Waals surface area contributed by atoms with Crippen LogP contribution >= 0.6 is 0 Å². The second-order valence-electron chi connectivity index (χ2n) is 7.58. The highest BCUT2D eigenvalue weighted by Gasteiger charge is 2.30. The maximum atomic E-state index is 12.9. The van der Waals surface area contributed by atoms with Gasteiger partial charge in [-0.2, -0.15) is 0 Å². The molecule has 3 rings (SSSR count). The predicted molar refractivity (Wildman–Crippen MR) is 101 cm³/mol. The monoisotopic (exact) mass is 395 g/mol. The predicted octanol–water partition coefficient (Wildman–Crippen LogP) is 2.58. The number of hydrogen-bond acceptors (Lipinski definition) is 7. The van der Waals surface area contributed by atoms with Crippen molar-refractivity contribution in [3.05, 3.63) is 23.3 Å². The van der Waals surface area contributed by atoms with Crippen molar-refractivity contribution in [2.45, 2.75) is 70.7 Å². The topological polar surface area (TPSA) is 94.1 Å². The van der Waals surface area contributed by atoms with E-state index in [1.54, 1.807) is 6.20 Å². The van der Waals surface area contributed by atoms with E-state index in [0.717, 1.165) is 49.2 Å². The van der Waals surface area contributed by atoms with Crippen LogP contribution in [-0.4, -0.2) is 46.0 Å². The minimum Gasteiger partial charge on any atom is -0.318 e. The Morgan fingerprint density at radius 3 is 2.67 bits per heavy atom. The summed E-state index contributed by atoms with van der Waals surface area (Å²) >= 11 is 0. The lowest BCUT2D eigenvalue weighted by molar-refractivity contribution is 0.275. The van der Waals surface area contributed by atoms with Gasteiger partial charge in [0.15, 0.2) is 0 Å². The average molecular weight is 396 g/mol. The fourth-order valence-electron chi connectivity index (χ4n) is 3.35. The number of aryl methyl sites for hydroxylation is 1. The first-order valence-electron chi connectivity index (χ1n) is 9.64. The Morgan fingerprint density at radius 2 is 2.07 bits per heavy atom. The summed E-state index contributed by atoms with van der Waals surface area (Å²) in [6.45, 7) is 5.80. The van der Waals surface area contributed by atoms with Crippen LogP contribution in [0, 0.1) is 12.8 Å². The van der Waals surface area contributed by atoms with Gasteiger partial charge in [0.2, 0.25) is 15.0 Å². The van der Waals surface area contributed by atoms with Crippen molar-refractivity contribution < 1.29 is 13.0 Å². The maximum Gasteiger partial charge on any atom is 0.227 e. The van der Waals surface area contributed by atoms with Crippen LogP contribution in [0.2, 0.25) is 0 Å². The highest BCUT2D eigenvalue weighted by Crippen LogP contribution is 2.30. The molecule has 2 heterocycles. The molecule has 0 spiro atoms. The van der Waals surface area contributed by atoms with E-state index in [4.69, 9.17) is 4.63 Å². The molecule has 0 aliphatic heterocycles. The minimum absolute atomic E-state index is 0.217. The zero-order valence-corrected chi connectivity index (χ0v) is 17.2. The lowest BCUT2D eigenvalue weighted by Gasteiger charge is -2.25. The summed E-state index contributed by atoms with van der Waals surface area (Å²) in [6, 6.07) is 0.